The summed E-state index contributed by atoms with van der Waals surface area (Å²) in [5, 5.41) is 13.5. The fourth-order valence-corrected chi connectivity index (χ4v) is 2.20. The first-order valence-corrected chi connectivity index (χ1v) is 7.39. The minimum atomic E-state index is -1.23. The van der Waals surface area contributed by atoms with Crippen LogP contribution in [0.3, 0.4) is 0 Å². The first-order chi connectivity index (χ1) is 10.6. The SMILES string of the molecule is CCCCCCn1nc(-c2ccncc2)cc(C(=O)O)c1=O. The summed E-state index contributed by atoms with van der Waals surface area (Å²) in [6, 6.07) is 4.79. The Hall–Kier alpha value is -2.50. The standard InChI is InChI=1S/C16H19N3O3/c1-2-3-4-5-10-19-15(20)13(16(21)22)11-14(18-19)12-6-8-17-9-7-12/h6-9,11H,2-5,10H2,1H3,(H,21,22). The van der Waals surface area contributed by atoms with E-state index in [1.54, 1.807) is 24.5 Å². The summed E-state index contributed by atoms with van der Waals surface area (Å²) >= 11 is 0. The number of nitrogens with zero attached hydrogens (tertiary/aromatic N) is 3. The normalized spacial score (nSPS) is 10.6. The third-order valence-electron chi connectivity index (χ3n) is 3.40. The van der Waals surface area contributed by atoms with Crippen molar-refractivity contribution in [3.8, 4) is 11.3 Å². The fraction of sp³-hybridized carbons (Fsp3) is 0.375. The van der Waals surface area contributed by atoms with Gasteiger partial charge in [0.1, 0.15) is 5.56 Å². The average molecular weight is 301 g/mol. The molecule has 0 aliphatic carbocycles. The molecule has 22 heavy (non-hydrogen) atoms. The maximum atomic E-state index is 12.2. The van der Waals surface area contributed by atoms with Gasteiger partial charge in [-0.05, 0) is 24.6 Å². The number of carbonyl (C=O) groups is 1. The second-order valence-electron chi connectivity index (χ2n) is 5.07. The van der Waals surface area contributed by atoms with Crippen LogP contribution in [0, 0.1) is 0 Å². The van der Waals surface area contributed by atoms with Crippen LogP contribution >= 0.6 is 0 Å². The highest BCUT2D eigenvalue weighted by Gasteiger charge is 2.15. The molecule has 0 bridgehead atoms. The molecule has 2 aromatic rings. The van der Waals surface area contributed by atoms with Crippen LogP contribution in [-0.4, -0.2) is 25.8 Å². The summed E-state index contributed by atoms with van der Waals surface area (Å²) in [5.74, 6) is -1.23. The topological polar surface area (TPSA) is 85.1 Å². The summed E-state index contributed by atoms with van der Waals surface area (Å²) in [5.41, 5.74) is 0.397. The highest BCUT2D eigenvalue weighted by Crippen LogP contribution is 2.15. The van der Waals surface area contributed by atoms with E-state index in [1.165, 1.54) is 10.7 Å². The summed E-state index contributed by atoms with van der Waals surface area (Å²) < 4.78 is 1.26. The number of aromatic nitrogens is 3. The lowest BCUT2D eigenvalue weighted by molar-refractivity contribution is 0.0693. The fourth-order valence-electron chi connectivity index (χ4n) is 2.20. The molecule has 0 aliphatic rings. The van der Waals surface area contributed by atoms with Gasteiger partial charge in [-0.15, -0.1) is 0 Å². The highest BCUT2D eigenvalue weighted by molar-refractivity contribution is 5.88. The zero-order chi connectivity index (χ0) is 15.9. The van der Waals surface area contributed by atoms with Crippen molar-refractivity contribution in [2.45, 2.75) is 39.2 Å². The van der Waals surface area contributed by atoms with Crippen LogP contribution in [0.4, 0.5) is 0 Å². The number of unbranched alkanes of at least 4 members (excludes halogenated alkanes) is 3. The van der Waals surface area contributed by atoms with Crippen LogP contribution in [0.25, 0.3) is 11.3 Å². The van der Waals surface area contributed by atoms with Crippen molar-refractivity contribution in [1.82, 2.24) is 14.8 Å². The lowest BCUT2D eigenvalue weighted by Gasteiger charge is -2.09. The number of carboxylic acid groups (broad SMARTS) is 1. The van der Waals surface area contributed by atoms with Gasteiger partial charge in [-0.1, -0.05) is 26.2 Å². The number of hydrogen-bond acceptors (Lipinski definition) is 4. The van der Waals surface area contributed by atoms with Crippen molar-refractivity contribution in [3.63, 3.8) is 0 Å². The van der Waals surface area contributed by atoms with Gasteiger partial charge in [0.15, 0.2) is 0 Å². The Balaban J connectivity index is 2.37. The van der Waals surface area contributed by atoms with E-state index >= 15 is 0 Å². The second-order valence-corrected chi connectivity index (χ2v) is 5.07. The minimum absolute atomic E-state index is 0.252. The molecule has 0 fully saturated rings. The smallest absolute Gasteiger partial charge is 0.341 e. The average Bonchev–Trinajstić information content (AvgIpc) is 2.53. The van der Waals surface area contributed by atoms with E-state index in [9.17, 15) is 14.7 Å². The molecule has 0 saturated carbocycles. The van der Waals surface area contributed by atoms with Crippen LogP contribution in [0.15, 0.2) is 35.4 Å². The first-order valence-electron chi connectivity index (χ1n) is 7.39. The first kappa shape index (κ1) is 15.9. The maximum Gasteiger partial charge on any atom is 0.341 e. The van der Waals surface area contributed by atoms with Crippen LogP contribution < -0.4 is 5.56 Å². The Bertz CT molecular complexity index is 696. The van der Waals surface area contributed by atoms with Gasteiger partial charge < -0.3 is 5.11 Å². The molecule has 0 saturated heterocycles. The zero-order valence-corrected chi connectivity index (χ0v) is 12.5. The third kappa shape index (κ3) is 3.78. The molecule has 0 radical (unpaired) electrons. The van der Waals surface area contributed by atoms with E-state index < -0.39 is 11.5 Å². The van der Waals surface area contributed by atoms with Gasteiger partial charge in [0, 0.05) is 24.5 Å². The van der Waals surface area contributed by atoms with Crippen LogP contribution in [0.1, 0.15) is 43.0 Å². The molecular weight excluding hydrogens is 282 g/mol. The van der Waals surface area contributed by atoms with Crippen LogP contribution in [-0.2, 0) is 6.54 Å². The predicted molar refractivity (Wildman–Crippen MR) is 82.8 cm³/mol. The molecule has 2 heterocycles. The van der Waals surface area contributed by atoms with Gasteiger partial charge in [0.05, 0.1) is 5.69 Å². The second kappa shape index (κ2) is 7.49. The molecule has 2 aromatic heterocycles. The molecular formula is C16H19N3O3. The molecule has 116 valence electrons. The van der Waals surface area contributed by atoms with Crippen molar-refractivity contribution in [3.05, 3.63) is 46.5 Å². The van der Waals surface area contributed by atoms with Gasteiger partial charge in [0.2, 0.25) is 0 Å². The lowest BCUT2D eigenvalue weighted by atomic mass is 10.1. The van der Waals surface area contributed by atoms with Gasteiger partial charge in [0.25, 0.3) is 5.56 Å². The molecule has 0 aromatic carbocycles. The van der Waals surface area contributed by atoms with Gasteiger partial charge in [-0.2, -0.15) is 5.10 Å². The van der Waals surface area contributed by atoms with Crippen LogP contribution in [0.5, 0.6) is 0 Å². The molecule has 0 unspecified atom stereocenters. The van der Waals surface area contributed by atoms with E-state index in [4.69, 9.17) is 0 Å². The van der Waals surface area contributed by atoms with Crippen molar-refractivity contribution < 1.29 is 9.90 Å². The molecule has 6 heteroatoms. The Morgan fingerprint density at radius 1 is 1.23 bits per heavy atom. The number of aromatic carboxylic acids is 1. The van der Waals surface area contributed by atoms with E-state index in [-0.39, 0.29) is 5.56 Å². The zero-order valence-electron chi connectivity index (χ0n) is 12.5. The summed E-state index contributed by atoms with van der Waals surface area (Å²) in [6.45, 7) is 2.54. The largest absolute Gasteiger partial charge is 0.477 e. The van der Waals surface area contributed by atoms with Gasteiger partial charge in [-0.3, -0.25) is 9.78 Å². The van der Waals surface area contributed by atoms with E-state index in [0.29, 0.717) is 12.2 Å². The van der Waals surface area contributed by atoms with Crippen molar-refractivity contribution >= 4 is 5.97 Å². The molecule has 2 rings (SSSR count). The Labute approximate surface area is 128 Å². The lowest BCUT2D eigenvalue weighted by Crippen LogP contribution is -2.29. The summed E-state index contributed by atoms with van der Waals surface area (Å²) in [7, 11) is 0. The Morgan fingerprint density at radius 2 is 1.95 bits per heavy atom. The number of carboxylic acids is 1. The number of aryl methyl sites for hydroxylation is 1. The van der Waals surface area contributed by atoms with Crippen molar-refractivity contribution in [1.29, 1.82) is 0 Å². The summed E-state index contributed by atoms with van der Waals surface area (Å²) in [6.07, 6.45) is 7.19. The van der Waals surface area contributed by atoms with E-state index in [1.807, 2.05) is 0 Å². The van der Waals surface area contributed by atoms with Gasteiger partial charge >= 0.3 is 5.97 Å². The predicted octanol–water partition coefficient (Wildman–Crippen LogP) is 2.58. The van der Waals surface area contributed by atoms with Gasteiger partial charge in [-0.25, -0.2) is 9.48 Å². The quantitative estimate of drug-likeness (QED) is 0.794. The monoisotopic (exact) mass is 301 g/mol. The van der Waals surface area contributed by atoms with Crippen LogP contribution in [0.2, 0.25) is 0 Å². The van der Waals surface area contributed by atoms with E-state index in [2.05, 4.69) is 17.0 Å². The Morgan fingerprint density at radius 3 is 2.59 bits per heavy atom. The molecule has 0 spiro atoms. The highest BCUT2D eigenvalue weighted by atomic mass is 16.4. The summed E-state index contributed by atoms with van der Waals surface area (Å²) in [4.78, 5) is 27.4. The maximum absolute atomic E-state index is 12.2. The molecule has 0 amide bonds. The Kier molecular flexibility index (Phi) is 5.41. The van der Waals surface area contributed by atoms with Crippen molar-refractivity contribution in [2.24, 2.45) is 0 Å². The number of hydrogen-bond donors (Lipinski definition) is 1. The number of pyridine rings is 1. The van der Waals surface area contributed by atoms with Crippen molar-refractivity contribution in [2.75, 3.05) is 0 Å². The van der Waals surface area contributed by atoms with E-state index in [0.717, 1.165) is 31.2 Å². The minimum Gasteiger partial charge on any atom is -0.477 e. The number of rotatable bonds is 7. The molecule has 6 nitrogen and oxygen atoms in total. The molecule has 0 aliphatic heterocycles. The third-order valence-corrected chi connectivity index (χ3v) is 3.40. The molecule has 1 N–H and O–H groups in total. The molecule has 0 atom stereocenters.